The first-order valence-electron chi connectivity index (χ1n) is 6.93. The summed E-state index contributed by atoms with van der Waals surface area (Å²) in [5.41, 5.74) is 3.26. The lowest BCUT2D eigenvalue weighted by atomic mass is 10.1. The molecule has 1 heterocycles. The Kier molecular flexibility index (Phi) is 5.33. The van der Waals surface area contributed by atoms with E-state index in [1.54, 1.807) is 11.3 Å². The summed E-state index contributed by atoms with van der Waals surface area (Å²) in [6, 6.07) is 5.84. The summed E-state index contributed by atoms with van der Waals surface area (Å²) >= 11 is 1.62. The van der Waals surface area contributed by atoms with Gasteiger partial charge in [0.05, 0.1) is 5.01 Å². The fourth-order valence-corrected chi connectivity index (χ4v) is 2.68. The minimum atomic E-state index is -0.107. The highest BCUT2D eigenvalue weighted by Gasteiger charge is 2.06. The molecule has 112 valence electrons. The Hall–Kier alpha value is -1.88. The molecule has 0 aliphatic rings. The van der Waals surface area contributed by atoms with E-state index in [-0.39, 0.29) is 12.5 Å². The third-order valence-corrected chi connectivity index (χ3v) is 4.27. The maximum absolute atomic E-state index is 11.8. The number of benzene rings is 1. The van der Waals surface area contributed by atoms with Crippen LogP contribution in [0.3, 0.4) is 0 Å². The number of aryl methyl sites for hydroxylation is 2. The fourth-order valence-electron chi connectivity index (χ4n) is 1.90. The van der Waals surface area contributed by atoms with Gasteiger partial charge in [-0.3, -0.25) is 4.79 Å². The molecule has 5 heteroatoms. The van der Waals surface area contributed by atoms with Crippen LogP contribution >= 0.6 is 11.3 Å². The molecule has 0 spiro atoms. The fraction of sp³-hybridized carbons (Fsp3) is 0.375. The van der Waals surface area contributed by atoms with Crippen LogP contribution in [-0.4, -0.2) is 24.0 Å². The molecule has 2 aromatic rings. The van der Waals surface area contributed by atoms with E-state index in [2.05, 4.69) is 10.3 Å². The number of carbonyl (C=O) groups is 1. The van der Waals surface area contributed by atoms with Crippen molar-refractivity contribution in [3.05, 3.63) is 45.4 Å². The van der Waals surface area contributed by atoms with Crippen molar-refractivity contribution in [1.82, 2.24) is 10.3 Å². The Morgan fingerprint density at radius 2 is 2.14 bits per heavy atom. The number of carbonyl (C=O) groups excluding carboxylic acids is 1. The number of aromatic nitrogens is 1. The molecule has 2 rings (SSSR count). The molecule has 0 saturated heterocycles. The van der Waals surface area contributed by atoms with Crippen molar-refractivity contribution in [1.29, 1.82) is 0 Å². The normalized spacial score (nSPS) is 10.4. The molecule has 0 aliphatic carbocycles. The lowest BCUT2D eigenvalue weighted by Gasteiger charge is -2.10. The maximum atomic E-state index is 11.8. The van der Waals surface area contributed by atoms with Crippen LogP contribution < -0.4 is 10.1 Å². The molecule has 0 atom stereocenters. The molecule has 1 amide bonds. The zero-order valence-corrected chi connectivity index (χ0v) is 13.4. The van der Waals surface area contributed by atoms with Gasteiger partial charge in [-0.05, 0) is 38.0 Å². The Balaban J connectivity index is 1.73. The SMILES string of the molecule is Cc1csc(CCNC(=O)COc2cccc(C)c2C)n1. The molecule has 0 unspecified atom stereocenters. The highest BCUT2D eigenvalue weighted by atomic mass is 32.1. The molecule has 1 N–H and O–H groups in total. The largest absolute Gasteiger partial charge is 0.483 e. The smallest absolute Gasteiger partial charge is 0.257 e. The van der Waals surface area contributed by atoms with E-state index in [0.29, 0.717) is 6.54 Å². The minimum Gasteiger partial charge on any atom is -0.483 e. The van der Waals surface area contributed by atoms with Crippen LogP contribution in [0.1, 0.15) is 21.8 Å². The highest BCUT2D eigenvalue weighted by Crippen LogP contribution is 2.20. The van der Waals surface area contributed by atoms with Crippen molar-refractivity contribution in [2.75, 3.05) is 13.2 Å². The number of thiazole rings is 1. The van der Waals surface area contributed by atoms with Gasteiger partial charge in [0, 0.05) is 24.0 Å². The zero-order valence-electron chi connectivity index (χ0n) is 12.6. The van der Waals surface area contributed by atoms with Crippen LogP contribution in [0.5, 0.6) is 5.75 Å². The Morgan fingerprint density at radius 1 is 1.33 bits per heavy atom. The van der Waals surface area contributed by atoms with E-state index >= 15 is 0 Å². The quantitative estimate of drug-likeness (QED) is 0.893. The van der Waals surface area contributed by atoms with Gasteiger partial charge in [0.25, 0.3) is 5.91 Å². The summed E-state index contributed by atoms with van der Waals surface area (Å²) in [6.07, 6.45) is 0.758. The van der Waals surface area contributed by atoms with Crippen LogP contribution in [0.4, 0.5) is 0 Å². The second kappa shape index (κ2) is 7.22. The third-order valence-electron chi connectivity index (χ3n) is 3.24. The van der Waals surface area contributed by atoms with Crippen molar-refractivity contribution in [3.8, 4) is 5.75 Å². The van der Waals surface area contributed by atoms with E-state index in [1.807, 2.05) is 44.4 Å². The van der Waals surface area contributed by atoms with Crippen molar-refractivity contribution in [3.63, 3.8) is 0 Å². The van der Waals surface area contributed by atoms with Gasteiger partial charge >= 0.3 is 0 Å². The molecule has 0 bridgehead atoms. The number of hydrogen-bond donors (Lipinski definition) is 1. The summed E-state index contributed by atoms with van der Waals surface area (Å²) in [6.45, 7) is 6.62. The molecular weight excluding hydrogens is 284 g/mol. The molecule has 0 aliphatic heterocycles. The second-order valence-corrected chi connectivity index (χ2v) is 5.91. The van der Waals surface area contributed by atoms with Gasteiger partial charge < -0.3 is 10.1 Å². The number of amides is 1. The molecule has 4 nitrogen and oxygen atoms in total. The second-order valence-electron chi connectivity index (χ2n) is 4.97. The van der Waals surface area contributed by atoms with E-state index in [4.69, 9.17) is 4.74 Å². The van der Waals surface area contributed by atoms with Crippen LogP contribution in [0.25, 0.3) is 0 Å². The summed E-state index contributed by atoms with van der Waals surface area (Å²) in [5.74, 6) is 0.657. The molecule has 0 saturated carbocycles. The Labute approximate surface area is 129 Å². The van der Waals surface area contributed by atoms with Gasteiger partial charge in [-0.25, -0.2) is 4.98 Å². The standard InChI is InChI=1S/C16H20N2O2S/c1-11-5-4-6-14(13(11)3)20-9-15(19)17-8-7-16-18-12(2)10-21-16/h4-6,10H,7-9H2,1-3H3,(H,17,19). The van der Waals surface area contributed by atoms with Crippen LogP contribution in [0, 0.1) is 20.8 Å². The minimum absolute atomic E-state index is 0.0428. The maximum Gasteiger partial charge on any atom is 0.257 e. The van der Waals surface area contributed by atoms with Gasteiger partial charge in [0.2, 0.25) is 0 Å². The van der Waals surface area contributed by atoms with E-state index < -0.39 is 0 Å². The lowest BCUT2D eigenvalue weighted by Crippen LogP contribution is -2.30. The number of nitrogens with zero attached hydrogens (tertiary/aromatic N) is 1. The summed E-state index contributed by atoms with van der Waals surface area (Å²) < 4.78 is 5.56. The average Bonchev–Trinajstić information content (AvgIpc) is 2.86. The summed E-state index contributed by atoms with van der Waals surface area (Å²) in [7, 11) is 0. The van der Waals surface area contributed by atoms with Crippen molar-refractivity contribution in [2.24, 2.45) is 0 Å². The zero-order chi connectivity index (χ0) is 15.2. The first-order chi connectivity index (χ1) is 10.1. The molecule has 0 fully saturated rings. The Bertz CT molecular complexity index is 622. The molecule has 1 aromatic heterocycles. The van der Waals surface area contributed by atoms with Crippen molar-refractivity contribution < 1.29 is 9.53 Å². The van der Waals surface area contributed by atoms with Gasteiger partial charge in [-0.15, -0.1) is 11.3 Å². The third kappa shape index (κ3) is 4.56. The van der Waals surface area contributed by atoms with Gasteiger partial charge in [0.15, 0.2) is 6.61 Å². The molecule has 1 aromatic carbocycles. The average molecular weight is 304 g/mol. The summed E-state index contributed by atoms with van der Waals surface area (Å²) in [5, 5.41) is 5.91. The number of rotatable bonds is 6. The predicted molar refractivity (Wildman–Crippen MR) is 85.0 cm³/mol. The van der Waals surface area contributed by atoms with E-state index in [1.165, 1.54) is 0 Å². The number of nitrogens with one attached hydrogen (secondary N) is 1. The van der Waals surface area contributed by atoms with Crippen LogP contribution in [0.15, 0.2) is 23.6 Å². The first-order valence-corrected chi connectivity index (χ1v) is 7.81. The van der Waals surface area contributed by atoms with E-state index in [0.717, 1.165) is 34.0 Å². The van der Waals surface area contributed by atoms with Gasteiger partial charge in [0.1, 0.15) is 5.75 Å². The Morgan fingerprint density at radius 3 is 2.86 bits per heavy atom. The van der Waals surface area contributed by atoms with Crippen molar-refractivity contribution in [2.45, 2.75) is 27.2 Å². The van der Waals surface area contributed by atoms with Crippen LogP contribution in [-0.2, 0) is 11.2 Å². The monoisotopic (exact) mass is 304 g/mol. The molecule has 21 heavy (non-hydrogen) atoms. The van der Waals surface area contributed by atoms with E-state index in [9.17, 15) is 4.79 Å². The molecular formula is C16H20N2O2S. The van der Waals surface area contributed by atoms with Gasteiger partial charge in [-0.1, -0.05) is 12.1 Å². The highest BCUT2D eigenvalue weighted by molar-refractivity contribution is 7.09. The van der Waals surface area contributed by atoms with Crippen LogP contribution in [0.2, 0.25) is 0 Å². The number of hydrogen-bond acceptors (Lipinski definition) is 4. The molecule has 0 radical (unpaired) electrons. The van der Waals surface area contributed by atoms with Gasteiger partial charge in [-0.2, -0.15) is 0 Å². The summed E-state index contributed by atoms with van der Waals surface area (Å²) in [4.78, 5) is 16.1. The van der Waals surface area contributed by atoms with Crippen molar-refractivity contribution >= 4 is 17.2 Å². The lowest BCUT2D eigenvalue weighted by molar-refractivity contribution is -0.123. The first kappa shape index (κ1) is 15.5. The number of ether oxygens (including phenoxy) is 1. The predicted octanol–water partition coefficient (Wildman–Crippen LogP) is 2.81. The topological polar surface area (TPSA) is 51.2 Å².